The highest BCUT2D eigenvalue weighted by Crippen LogP contribution is 2.33. The normalized spacial score (nSPS) is 18.2. The molecule has 0 spiro atoms. The van der Waals surface area contributed by atoms with Crippen molar-refractivity contribution in [2.24, 2.45) is 0 Å². The van der Waals surface area contributed by atoms with Crippen molar-refractivity contribution in [3.05, 3.63) is 22.3 Å². The second-order valence-corrected chi connectivity index (χ2v) is 4.36. The van der Waals surface area contributed by atoms with Crippen LogP contribution in [0.4, 0.5) is 0 Å². The molecule has 3 nitrogen and oxygen atoms in total. The lowest BCUT2D eigenvalue weighted by Crippen LogP contribution is -2.32. The summed E-state index contributed by atoms with van der Waals surface area (Å²) >= 11 is 3.26. The zero-order chi connectivity index (χ0) is 9.64. The Bertz CT molecular complexity index is 387. The van der Waals surface area contributed by atoms with E-state index in [1.165, 1.54) is 0 Å². The van der Waals surface area contributed by atoms with Gasteiger partial charge in [0.2, 0.25) is 11.7 Å². The summed E-state index contributed by atoms with van der Waals surface area (Å²) in [6.07, 6.45) is 1.62. The molecule has 2 heterocycles. The van der Waals surface area contributed by atoms with Crippen LogP contribution < -0.4 is 4.74 Å². The number of hydrogen-bond acceptors (Lipinski definition) is 3. The van der Waals surface area contributed by atoms with Crippen molar-refractivity contribution in [2.45, 2.75) is 19.4 Å². The van der Waals surface area contributed by atoms with Crippen molar-refractivity contribution >= 4 is 21.7 Å². The third kappa shape index (κ3) is 1.25. The van der Waals surface area contributed by atoms with Crippen LogP contribution in [0.25, 0.3) is 0 Å². The maximum atomic E-state index is 11.7. The molecule has 0 radical (unpaired) electrons. The van der Waals surface area contributed by atoms with Crippen molar-refractivity contribution in [3.8, 4) is 5.88 Å². The molecular weight excluding hydrogens is 234 g/mol. The topological polar surface area (TPSA) is 39.2 Å². The first-order valence-electron chi connectivity index (χ1n) is 3.90. The molecule has 4 heteroatoms. The highest BCUT2D eigenvalue weighted by molar-refractivity contribution is 9.10. The van der Waals surface area contributed by atoms with Crippen LogP contribution in [0.15, 0.2) is 16.7 Å². The standard InChI is InChI=1S/C9H8BrNO2/c1-9(2)7(12)6-3-5(10)4-11-8(6)13-9/h3-4H,1-2H3. The van der Waals surface area contributed by atoms with Crippen molar-refractivity contribution < 1.29 is 9.53 Å². The Morgan fingerprint density at radius 1 is 1.54 bits per heavy atom. The summed E-state index contributed by atoms with van der Waals surface area (Å²) in [5.41, 5.74) is -0.213. The Morgan fingerprint density at radius 2 is 2.23 bits per heavy atom. The molecule has 0 aliphatic carbocycles. The zero-order valence-corrected chi connectivity index (χ0v) is 8.88. The van der Waals surface area contributed by atoms with E-state index in [-0.39, 0.29) is 5.78 Å². The Hall–Kier alpha value is -0.900. The number of pyridine rings is 1. The average Bonchev–Trinajstić information content (AvgIpc) is 2.26. The van der Waals surface area contributed by atoms with E-state index in [2.05, 4.69) is 20.9 Å². The summed E-state index contributed by atoms with van der Waals surface area (Å²) in [5.74, 6) is 0.412. The van der Waals surface area contributed by atoms with E-state index >= 15 is 0 Å². The van der Waals surface area contributed by atoms with Gasteiger partial charge in [0, 0.05) is 10.7 Å². The van der Waals surface area contributed by atoms with Crippen LogP contribution in [-0.4, -0.2) is 16.4 Å². The number of aromatic nitrogens is 1. The Morgan fingerprint density at radius 3 is 2.92 bits per heavy atom. The monoisotopic (exact) mass is 241 g/mol. The lowest BCUT2D eigenvalue weighted by molar-refractivity contribution is 0.0675. The maximum Gasteiger partial charge on any atom is 0.225 e. The highest BCUT2D eigenvalue weighted by atomic mass is 79.9. The van der Waals surface area contributed by atoms with Crippen LogP contribution in [0, 0.1) is 0 Å². The quantitative estimate of drug-likeness (QED) is 0.700. The minimum Gasteiger partial charge on any atom is -0.463 e. The fourth-order valence-electron chi connectivity index (χ4n) is 1.28. The molecule has 1 aliphatic heterocycles. The number of ether oxygens (including phenoxy) is 1. The fraction of sp³-hybridized carbons (Fsp3) is 0.333. The van der Waals surface area contributed by atoms with Gasteiger partial charge < -0.3 is 4.74 Å². The van der Waals surface area contributed by atoms with Gasteiger partial charge in [0.15, 0.2) is 5.60 Å². The van der Waals surface area contributed by atoms with Gasteiger partial charge in [-0.25, -0.2) is 4.98 Å². The first-order valence-corrected chi connectivity index (χ1v) is 4.69. The van der Waals surface area contributed by atoms with E-state index in [0.29, 0.717) is 11.4 Å². The molecule has 0 amide bonds. The zero-order valence-electron chi connectivity index (χ0n) is 7.30. The number of fused-ring (bicyclic) bond motifs is 1. The smallest absolute Gasteiger partial charge is 0.225 e. The van der Waals surface area contributed by atoms with Crippen molar-refractivity contribution in [3.63, 3.8) is 0 Å². The molecule has 0 saturated heterocycles. The Labute approximate surface area is 84.2 Å². The molecule has 0 saturated carbocycles. The van der Waals surface area contributed by atoms with Gasteiger partial charge in [0.25, 0.3) is 0 Å². The van der Waals surface area contributed by atoms with Crippen molar-refractivity contribution in [2.75, 3.05) is 0 Å². The summed E-state index contributed by atoms with van der Waals surface area (Å²) in [5, 5.41) is 0. The summed E-state index contributed by atoms with van der Waals surface area (Å²) in [4.78, 5) is 15.7. The van der Waals surface area contributed by atoms with Crippen LogP contribution in [-0.2, 0) is 0 Å². The SMILES string of the molecule is CC1(C)Oc2ncc(Br)cc2C1=O. The summed E-state index contributed by atoms with van der Waals surface area (Å²) in [7, 11) is 0. The van der Waals surface area contributed by atoms with Crippen molar-refractivity contribution in [1.29, 1.82) is 0 Å². The average molecular weight is 242 g/mol. The minimum absolute atomic E-state index is 0.0173. The molecule has 0 unspecified atom stereocenters. The van der Waals surface area contributed by atoms with E-state index in [1.807, 2.05) is 0 Å². The molecule has 1 aromatic heterocycles. The molecule has 0 N–H and O–H groups in total. The third-order valence-corrected chi connectivity index (χ3v) is 2.39. The van der Waals surface area contributed by atoms with Crippen LogP contribution >= 0.6 is 15.9 Å². The first kappa shape index (κ1) is 8.69. The van der Waals surface area contributed by atoms with Gasteiger partial charge in [-0.05, 0) is 35.8 Å². The van der Waals surface area contributed by atoms with E-state index in [1.54, 1.807) is 26.1 Å². The number of Topliss-reactive ketones (excluding diaryl/α,β-unsaturated/α-hetero) is 1. The largest absolute Gasteiger partial charge is 0.463 e. The number of carbonyl (C=O) groups excluding carboxylic acids is 1. The summed E-state index contributed by atoms with van der Waals surface area (Å²) in [6.45, 7) is 3.48. The van der Waals surface area contributed by atoms with Crippen LogP contribution in [0.2, 0.25) is 0 Å². The predicted molar refractivity (Wildman–Crippen MR) is 51.0 cm³/mol. The fourth-order valence-corrected chi connectivity index (χ4v) is 1.61. The van der Waals surface area contributed by atoms with E-state index < -0.39 is 5.60 Å². The first-order chi connectivity index (χ1) is 6.00. The van der Waals surface area contributed by atoms with Gasteiger partial charge >= 0.3 is 0 Å². The lowest BCUT2D eigenvalue weighted by atomic mass is 10.0. The summed E-state index contributed by atoms with van der Waals surface area (Å²) in [6, 6.07) is 1.74. The number of hydrogen-bond donors (Lipinski definition) is 0. The second-order valence-electron chi connectivity index (χ2n) is 3.45. The number of halogens is 1. The number of ketones is 1. The van der Waals surface area contributed by atoms with Gasteiger partial charge in [0.05, 0.1) is 5.56 Å². The molecule has 1 aromatic rings. The van der Waals surface area contributed by atoms with Gasteiger partial charge in [-0.2, -0.15) is 0 Å². The second kappa shape index (κ2) is 2.54. The van der Waals surface area contributed by atoms with Gasteiger partial charge in [-0.1, -0.05) is 0 Å². The number of rotatable bonds is 0. The van der Waals surface area contributed by atoms with E-state index in [4.69, 9.17) is 4.74 Å². The molecule has 13 heavy (non-hydrogen) atoms. The lowest BCUT2D eigenvalue weighted by Gasteiger charge is -2.13. The van der Waals surface area contributed by atoms with Gasteiger partial charge in [-0.15, -0.1) is 0 Å². The Kier molecular flexibility index (Phi) is 1.70. The highest BCUT2D eigenvalue weighted by Gasteiger charge is 2.40. The maximum absolute atomic E-state index is 11.7. The molecule has 0 bridgehead atoms. The van der Waals surface area contributed by atoms with Crippen LogP contribution in [0.3, 0.4) is 0 Å². The number of nitrogens with zero attached hydrogens (tertiary/aromatic N) is 1. The van der Waals surface area contributed by atoms with Gasteiger partial charge in [-0.3, -0.25) is 4.79 Å². The van der Waals surface area contributed by atoms with E-state index in [9.17, 15) is 4.79 Å². The molecule has 0 aromatic carbocycles. The molecule has 68 valence electrons. The van der Waals surface area contributed by atoms with Gasteiger partial charge in [0.1, 0.15) is 0 Å². The molecular formula is C9H8BrNO2. The third-order valence-electron chi connectivity index (χ3n) is 1.96. The predicted octanol–water partition coefficient (Wildman–Crippen LogP) is 2.20. The van der Waals surface area contributed by atoms with Crippen molar-refractivity contribution in [1.82, 2.24) is 4.98 Å². The molecule has 0 atom stereocenters. The summed E-state index contributed by atoms with van der Waals surface area (Å²) < 4.78 is 6.17. The number of carbonyl (C=O) groups is 1. The molecule has 0 fully saturated rings. The van der Waals surface area contributed by atoms with Crippen LogP contribution in [0.1, 0.15) is 24.2 Å². The molecule has 1 aliphatic rings. The van der Waals surface area contributed by atoms with E-state index in [0.717, 1.165) is 4.47 Å². The molecule has 2 rings (SSSR count). The minimum atomic E-state index is -0.768. The Balaban J connectivity index is 2.57. The van der Waals surface area contributed by atoms with Crippen LogP contribution in [0.5, 0.6) is 5.88 Å².